The van der Waals surface area contributed by atoms with Gasteiger partial charge in [-0.2, -0.15) is 0 Å². The molecule has 0 aromatic carbocycles. The van der Waals surface area contributed by atoms with Crippen LogP contribution in [0.2, 0.25) is 0 Å². The molecule has 2 atom stereocenters. The highest BCUT2D eigenvalue weighted by Crippen LogP contribution is 2.28. The van der Waals surface area contributed by atoms with E-state index in [1.54, 1.807) is 0 Å². The minimum Gasteiger partial charge on any atom is -0.379 e. The Labute approximate surface area is 136 Å². The second-order valence-corrected chi connectivity index (χ2v) is 7.33. The topological polar surface area (TPSA) is 53.6 Å². The number of carbonyl (C=O) groups excluding carboxylic acids is 1. The van der Waals surface area contributed by atoms with Crippen molar-refractivity contribution in [2.45, 2.75) is 31.8 Å². The van der Waals surface area contributed by atoms with Crippen LogP contribution >= 0.6 is 11.3 Å². The van der Waals surface area contributed by atoms with E-state index in [0.29, 0.717) is 6.54 Å². The summed E-state index contributed by atoms with van der Waals surface area (Å²) >= 11 is 1.82. The monoisotopic (exact) mass is 323 g/mol. The van der Waals surface area contributed by atoms with Crippen LogP contribution in [0.4, 0.5) is 0 Å². The molecule has 1 amide bonds. The Morgan fingerprint density at radius 1 is 1.50 bits per heavy atom. The lowest BCUT2D eigenvalue weighted by atomic mass is 10.1. The van der Waals surface area contributed by atoms with E-state index in [4.69, 9.17) is 4.74 Å². The highest BCUT2D eigenvalue weighted by atomic mass is 32.1. The zero-order chi connectivity index (χ0) is 15.4. The number of hydrogen-bond acceptors (Lipinski definition) is 5. The summed E-state index contributed by atoms with van der Waals surface area (Å²) in [6.07, 6.45) is 2.04. The first-order valence-corrected chi connectivity index (χ1v) is 8.95. The van der Waals surface area contributed by atoms with Crippen LogP contribution in [0.3, 0.4) is 0 Å². The summed E-state index contributed by atoms with van der Waals surface area (Å²) < 4.78 is 5.46. The third-order valence-electron chi connectivity index (χ3n) is 4.42. The van der Waals surface area contributed by atoms with Crippen molar-refractivity contribution in [3.05, 3.63) is 21.9 Å². The maximum Gasteiger partial charge on any atom is 0.237 e. The first kappa shape index (κ1) is 15.9. The van der Waals surface area contributed by atoms with Gasteiger partial charge in [0, 0.05) is 29.4 Å². The van der Waals surface area contributed by atoms with Gasteiger partial charge in [0.2, 0.25) is 5.91 Å². The summed E-state index contributed by atoms with van der Waals surface area (Å²) in [5, 5.41) is 6.41. The lowest BCUT2D eigenvalue weighted by molar-refractivity contribution is -0.123. The number of thiophene rings is 1. The molecular weight excluding hydrogens is 298 g/mol. The van der Waals surface area contributed by atoms with Gasteiger partial charge in [-0.25, -0.2) is 0 Å². The van der Waals surface area contributed by atoms with E-state index in [1.807, 2.05) is 11.3 Å². The van der Waals surface area contributed by atoms with Crippen molar-refractivity contribution < 1.29 is 9.53 Å². The zero-order valence-electron chi connectivity index (χ0n) is 13.1. The van der Waals surface area contributed by atoms with E-state index in [2.05, 4.69) is 34.6 Å². The number of rotatable bonds is 5. The van der Waals surface area contributed by atoms with Gasteiger partial charge in [0.1, 0.15) is 0 Å². The third kappa shape index (κ3) is 3.87. The molecule has 2 fully saturated rings. The molecule has 2 aliphatic rings. The number of morpholine rings is 1. The van der Waals surface area contributed by atoms with Crippen LogP contribution in [0.1, 0.15) is 28.6 Å². The van der Waals surface area contributed by atoms with E-state index in [1.165, 1.54) is 9.75 Å². The van der Waals surface area contributed by atoms with Gasteiger partial charge in [-0.05, 0) is 38.4 Å². The molecule has 2 aliphatic heterocycles. The molecule has 2 N–H and O–H groups in total. The van der Waals surface area contributed by atoms with Crippen LogP contribution in [0.25, 0.3) is 0 Å². The Bertz CT molecular complexity index is 493. The van der Waals surface area contributed by atoms with Crippen LogP contribution in [0, 0.1) is 6.92 Å². The van der Waals surface area contributed by atoms with Gasteiger partial charge in [-0.1, -0.05) is 0 Å². The maximum atomic E-state index is 12.3. The van der Waals surface area contributed by atoms with Crippen molar-refractivity contribution in [3.8, 4) is 0 Å². The van der Waals surface area contributed by atoms with E-state index >= 15 is 0 Å². The maximum absolute atomic E-state index is 12.3. The summed E-state index contributed by atoms with van der Waals surface area (Å²) in [4.78, 5) is 17.3. The van der Waals surface area contributed by atoms with Gasteiger partial charge < -0.3 is 15.4 Å². The predicted octanol–water partition coefficient (Wildman–Crippen LogP) is 1.30. The number of ether oxygens (including phenoxy) is 1. The SMILES string of the molecule is Cc1ccc(C(CNC(=O)C2CCCN2)N2CCOCC2)s1. The number of hydrogen-bond donors (Lipinski definition) is 2. The predicted molar refractivity (Wildman–Crippen MR) is 88.2 cm³/mol. The fourth-order valence-corrected chi connectivity index (χ4v) is 4.17. The van der Waals surface area contributed by atoms with E-state index in [-0.39, 0.29) is 18.0 Å². The summed E-state index contributed by atoms with van der Waals surface area (Å²) in [7, 11) is 0. The second-order valence-electron chi connectivity index (χ2n) is 6.01. The first-order chi connectivity index (χ1) is 10.7. The molecule has 22 heavy (non-hydrogen) atoms. The lowest BCUT2D eigenvalue weighted by Crippen LogP contribution is -2.46. The zero-order valence-corrected chi connectivity index (χ0v) is 14.0. The molecule has 122 valence electrons. The van der Waals surface area contributed by atoms with E-state index in [9.17, 15) is 4.79 Å². The fraction of sp³-hybridized carbons (Fsp3) is 0.688. The van der Waals surface area contributed by atoms with Crippen molar-refractivity contribution in [2.75, 3.05) is 39.4 Å². The molecule has 0 saturated carbocycles. The highest BCUT2D eigenvalue weighted by molar-refractivity contribution is 7.12. The van der Waals surface area contributed by atoms with Gasteiger partial charge in [0.25, 0.3) is 0 Å². The van der Waals surface area contributed by atoms with Gasteiger partial charge in [0.05, 0.1) is 25.3 Å². The van der Waals surface area contributed by atoms with E-state index in [0.717, 1.165) is 45.7 Å². The van der Waals surface area contributed by atoms with Gasteiger partial charge >= 0.3 is 0 Å². The Balaban J connectivity index is 1.63. The molecule has 5 nitrogen and oxygen atoms in total. The molecule has 6 heteroatoms. The minimum absolute atomic E-state index is 0.00425. The van der Waals surface area contributed by atoms with E-state index < -0.39 is 0 Å². The first-order valence-electron chi connectivity index (χ1n) is 8.13. The fourth-order valence-electron chi connectivity index (χ4n) is 3.16. The van der Waals surface area contributed by atoms with Crippen molar-refractivity contribution in [2.24, 2.45) is 0 Å². The smallest absolute Gasteiger partial charge is 0.237 e. The van der Waals surface area contributed by atoms with Crippen molar-refractivity contribution >= 4 is 17.2 Å². The molecule has 0 radical (unpaired) electrons. The van der Waals surface area contributed by atoms with Crippen molar-refractivity contribution in [3.63, 3.8) is 0 Å². The summed E-state index contributed by atoms with van der Waals surface area (Å²) in [5.41, 5.74) is 0. The third-order valence-corrected chi connectivity index (χ3v) is 5.52. The Hall–Kier alpha value is -0.950. The second kappa shape index (κ2) is 7.55. The van der Waals surface area contributed by atoms with Crippen LogP contribution in [-0.2, 0) is 9.53 Å². The Morgan fingerprint density at radius 3 is 2.95 bits per heavy atom. The molecule has 2 unspecified atom stereocenters. The van der Waals surface area contributed by atoms with Gasteiger partial charge in [-0.3, -0.25) is 9.69 Å². The normalized spacial score (nSPS) is 24.3. The van der Waals surface area contributed by atoms with Crippen molar-refractivity contribution in [1.82, 2.24) is 15.5 Å². The minimum atomic E-state index is -0.00425. The van der Waals surface area contributed by atoms with Crippen LogP contribution in [0.5, 0.6) is 0 Å². The summed E-state index contributed by atoms with van der Waals surface area (Å²) in [6.45, 7) is 7.17. The van der Waals surface area contributed by atoms with Crippen molar-refractivity contribution in [1.29, 1.82) is 0 Å². The standard InChI is InChI=1S/C16H25N3O2S/c1-12-4-5-15(22-12)14(19-7-9-21-10-8-19)11-18-16(20)13-3-2-6-17-13/h4-5,13-14,17H,2-3,6-11H2,1H3,(H,18,20). The quantitative estimate of drug-likeness (QED) is 0.858. The molecular formula is C16H25N3O2S. The lowest BCUT2D eigenvalue weighted by Gasteiger charge is -2.34. The molecule has 1 aromatic heterocycles. The highest BCUT2D eigenvalue weighted by Gasteiger charge is 2.27. The van der Waals surface area contributed by atoms with Crippen LogP contribution < -0.4 is 10.6 Å². The van der Waals surface area contributed by atoms with Crippen LogP contribution in [0.15, 0.2) is 12.1 Å². The van der Waals surface area contributed by atoms with Crippen LogP contribution in [-0.4, -0.2) is 56.2 Å². The molecule has 0 aliphatic carbocycles. The molecule has 0 spiro atoms. The molecule has 3 heterocycles. The van der Waals surface area contributed by atoms with Gasteiger partial charge in [-0.15, -0.1) is 11.3 Å². The average Bonchev–Trinajstić information content (AvgIpc) is 3.20. The molecule has 2 saturated heterocycles. The number of nitrogens with one attached hydrogen (secondary N) is 2. The number of nitrogens with zero attached hydrogens (tertiary/aromatic N) is 1. The largest absolute Gasteiger partial charge is 0.379 e. The van der Waals surface area contributed by atoms with Gasteiger partial charge in [0.15, 0.2) is 0 Å². The Kier molecular flexibility index (Phi) is 5.46. The molecule has 0 bridgehead atoms. The summed E-state index contributed by atoms with van der Waals surface area (Å²) in [5.74, 6) is 0.143. The Morgan fingerprint density at radius 2 is 2.32 bits per heavy atom. The molecule has 1 aromatic rings. The number of amides is 1. The number of carbonyl (C=O) groups is 1. The molecule has 3 rings (SSSR count). The average molecular weight is 323 g/mol. The summed E-state index contributed by atoms with van der Waals surface area (Å²) in [6, 6.07) is 4.61. The number of aryl methyl sites for hydroxylation is 1.